The number of benzene rings is 2. The fourth-order valence-electron chi connectivity index (χ4n) is 3.72. The number of hydrogen-bond acceptors (Lipinski definition) is 9. The SMILES string of the molecule is c1ccc(COCCOCCOCCOc2ccccc2OCCOCCOCCOC2CCCCO2)cc1. The molecule has 0 aliphatic carbocycles. The zero-order valence-corrected chi connectivity index (χ0v) is 23.0. The number of ether oxygens (including phenoxy) is 9. The van der Waals surface area contributed by atoms with Crippen LogP contribution in [0.5, 0.6) is 11.5 Å². The summed E-state index contributed by atoms with van der Waals surface area (Å²) < 4.78 is 50.6. The van der Waals surface area contributed by atoms with E-state index in [4.69, 9.17) is 42.6 Å². The van der Waals surface area contributed by atoms with E-state index in [0.717, 1.165) is 31.4 Å². The maximum atomic E-state index is 5.82. The molecule has 9 nitrogen and oxygen atoms in total. The molecule has 9 heteroatoms. The van der Waals surface area contributed by atoms with Crippen molar-refractivity contribution in [1.82, 2.24) is 0 Å². The van der Waals surface area contributed by atoms with Crippen molar-refractivity contribution >= 4 is 0 Å². The maximum Gasteiger partial charge on any atom is 0.161 e. The van der Waals surface area contributed by atoms with Gasteiger partial charge in [0.25, 0.3) is 0 Å². The van der Waals surface area contributed by atoms with Gasteiger partial charge in [-0.3, -0.25) is 0 Å². The van der Waals surface area contributed by atoms with Gasteiger partial charge in [-0.05, 0) is 37.0 Å². The molecular formula is C30H44O9. The van der Waals surface area contributed by atoms with Gasteiger partial charge in [0, 0.05) is 6.61 Å². The van der Waals surface area contributed by atoms with Gasteiger partial charge in [-0.25, -0.2) is 0 Å². The predicted molar refractivity (Wildman–Crippen MR) is 146 cm³/mol. The van der Waals surface area contributed by atoms with Gasteiger partial charge in [-0.1, -0.05) is 42.5 Å². The second-order valence-electron chi connectivity index (χ2n) is 8.80. The van der Waals surface area contributed by atoms with Crippen LogP contribution in [0.2, 0.25) is 0 Å². The van der Waals surface area contributed by atoms with Gasteiger partial charge in [0.1, 0.15) is 13.2 Å². The Morgan fingerprint density at radius 1 is 0.538 bits per heavy atom. The lowest BCUT2D eigenvalue weighted by atomic mass is 10.2. The second-order valence-corrected chi connectivity index (χ2v) is 8.80. The molecule has 2 aromatic rings. The summed E-state index contributed by atoms with van der Waals surface area (Å²) in [5.41, 5.74) is 1.16. The third-order valence-electron chi connectivity index (χ3n) is 5.72. The van der Waals surface area contributed by atoms with Crippen molar-refractivity contribution in [3.05, 3.63) is 60.2 Å². The van der Waals surface area contributed by atoms with Crippen LogP contribution >= 0.6 is 0 Å². The summed E-state index contributed by atoms with van der Waals surface area (Å²) in [5, 5.41) is 0. The third-order valence-corrected chi connectivity index (χ3v) is 5.72. The zero-order valence-electron chi connectivity index (χ0n) is 23.0. The first-order valence-electron chi connectivity index (χ1n) is 13.9. The first-order chi connectivity index (χ1) is 19.4. The average Bonchev–Trinajstić information content (AvgIpc) is 2.98. The molecule has 0 amide bonds. The van der Waals surface area contributed by atoms with Gasteiger partial charge >= 0.3 is 0 Å². The van der Waals surface area contributed by atoms with Crippen LogP contribution in [0, 0.1) is 0 Å². The van der Waals surface area contributed by atoms with Crippen molar-refractivity contribution in [2.75, 3.05) is 85.9 Å². The van der Waals surface area contributed by atoms with Crippen LogP contribution in [0.15, 0.2) is 54.6 Å². The molecule has 218 valence electrons. The molecular weight excluding hydrogens is 504 g/mol. The van der Waals surface area contributed by atoms with Crippen LogP contribution in [-0.2, 0) is 39.8 Å². The molecule has 0 N–H and O–H groups in total. The first-order valence-corrected chi connectivity index (χ1v) is 13.9. The first kappa shape index (κ1) is 31.3. The summed E-state index contributed by atoms with van der Waals surface area (Å²) in [4.78, 5) is 0. The monoisotopic (exact) mass is 548 g/mol. The molecule has 0 bridgehead atoms. The van der Waals surface area contributed by atoms with Crippen molar-refractivity contribution < 1.29 is 42.6 Å². The quantitative estimate of drug-likeness (QED) is 0.189. The Kier molecular flexibility index (Phi) is 17.3. The van der Waals surface area contributed by atoms with Gasteiger partial charge in [0.2, 0.25) is 0 Å². The van der Waals surface area contributed by atoms with E-state index in [1.165, 1.54) is 0 Å². The van der Waals surface area contributed by atoms with Crippen LogP contribution in [0.1, 0.15) is 24.8 Å². The van der Waals surface area contributed by atoms with Crippen LogP contribution in [0.3, 0.4) is 0 Å². The number of hydrogen-bond donors (Lipinski definition) is 0. The molecule has 1 aliphatic heterocycles. The Bertz CT molecular complexity index is 830. The predicted octanol–water partition coefficient (Wildman–Crippen LogP) is 4.27. The normalized spacial score (nSPS) is 15.3. The molecule has 1 fully saturated rings. The molecule has 1 saturated heterocycles. The highest BCUT2D eigenvalue weighted by molar-refractivity contribution is 5.39. The Hall–Kier alpha value is -2.24. The summed E-state index contributed by atoms with van der Waals surface area (Å²) >= 11 is 0. The third kappa shape index (κ3) is 15.2. The summed E-state index contributed by atoms with van der Waals surface area (Å²) in [7, 11) is 0. The molecule has 1 unspecified atom stereocenters. The summed E-state index contributed by atoms with van der Waals surface area (Å²) in [6.45, 7) is 7.36. The highest BCUT2D eigenvalue weighted by atomic mass is 16.7. The Morgan fingerprint density at radius 3 is 1.62 bits per heavy atom. The smallest absolute Gasteiger partial charge is 0.161 e. The minimum Gasteiger partial charge on any atom is -0.487 e. The maximum absolute atomic E-state index is 5.82. The van der Waals surface area contributed by atoms with E-state index in [0.29, 0.717) is 97.4 Å². The van der Waals surface area contributed by atoms with E-state index < -0.39 is 0 Å². The molecule has 3 rings (SSSR count). The van der Waals surface area contributed by atoms with Crippen molar-refractivity contribution in [3.63, 3.8) is 0 Å². The summed E-state index contributed by atoms with van der Waals surface area (Å²) in [5.74, 6) is 1.36. The number of rotatable bonds is 23. The fourth-order valence-corrected chi connectivity index (χ4v) is 3.72. The number of para-hydroxylation sites is 2. The Morgan fingerprint density at radius 2 is 1.05 bits per heavy atom. The Balaban J connectivity index is 1.10. The molecule has 0 spiro atoms. The van der Waals surface area contributed by atoms with E-state index in [9.17, 15) is 0 Å². The highest BCUT2D eigenvalue weighted by Gasteiger charge is 2.13. The van der Waals surface area contributed by atoms with E-state index in [-0.39, 0.29) is 6.29 Å². The lowest BCUT2D eigenvalue weighted by Gasteiger charge is -2.22. The Labute approximate surface area is 232 Å². The van der Waals surface area contributed by atoms with Crippen molar-refractivity contribution in [3.8, 4) is 11.5 Å². The zero-order chi connectivity index (χ0) is 27.1. The van der Waals surface area contributed by atoms with E-state index in [2.05, 4.69) is 0 Å². The van der Waals surface area contributed by atoms with Crippen LogP contribution in [0.4, 0.5) is 0 Å². The fraction of sp³-hybridized carbons (Fsp3) is 0.600. The minimum absolute atomic E-state index is 0.0729. The molecule has 2 aromatic carbocycles. The van der Waals surface area contributed by atoms with Crippen molar-refractivity contribution in [1.29, 1.82) is 0 Å². The largest absolute Gasteiger partial charge is 0.487 e. The summed E-state index contributed by atoms with van der Waals surface area (Å²) in [6.07, 6.45) is 3.18. The highest BCUT2D eigenvalue weighted by Crippen LogP contribution is 2.26. The molecule has 1 heterocycles. The molecule has 0 radical (unpaired) electrons. The van der Waals surface area contributed by atoms with E-state index in [1.807, 2.05) is 54.6 Å². The molecule has 1 atom stereocenters. The van der Waals surface area contributed by atoms with Crippen molar-refractivity contribution in [2.24, 2.45) is 0 Å². The second kappa shape index (κ2) is 21.6. The molecule has 0 saturated carbocycles. The average molecular weight is 549 g/mol. The van der Waals surface area contributed by atoms with Gasteiger partial charge in [0.15, 0.2) is 17.8 Å². The molecule has 1 aliphatic rings. The van der Waals surface area contributed by atoms with Crippen LogP contribution < -0.4 is 9.47 Å². The van der Waals surface area contributed by atoms with Crippen LogP contribution in [0.25, 0.3) is 0 Å². The standard InChI is InChI=1S/C30H44O9/c1-2-8-27(9-3-1)26-35-19-18-31-14-15-32-20-23-36-28-10-4-5-11-29(28)37-24-21-33-16-17-34-22-25-39-30-12-6-7-13-38-30/h1-5,8-11,30H,6-7,12-26H2. The lowest BCUT2D eigenvalue weighted by Crippen LogP contribution is -2.24. The minimum atomic E-state index is -0.0729. The van der Waals surface area contributed by atoms with E-state index in [1.54, 1.807) is 0 Å². The van der Waals surface area contributed by atoms with E-state index >= 15 is 0 Å². The van der Waals surface area contributed by atoms with Gasteiger partial charge < -0.3 is 42.6 Å². The lowest BCUT2D eigenvalue weighted by molar-refractivity contribution is -0.169. The van der Waals surface area contributed by atoms with Gasteiger partial charge in [0.05, 0.1) is 72.7 Å². The van der Waals surface area contributed by atoms with Crippen LogP contribution in [-0.4, -0.2) is 92.2 Å². The topological polar surface area (TPSA) is 83.1 Å². The summed E-state index contributed by atoms with van der Waals surface area (Å²) in [6, 6.07) is 17.7. The van der Waals surface area contributed by atoms with Gasteiger partial charge in [-0.15, -0.1) is 0 Å². The van der Waals surface area contributed by atoms with Crippen molar-refractivity contribution in [2.45, 2.75) is 32.2 Å². The molecule has 0 aromatic heterocycles. The van der Waals surface area contributed by atoms with Gasteiger partial charge in [-0.2, -0.15) is 0 Å². The molecule has 39 heavy (non-hydrogen) atoms.